The molecule has 68 valence electrons. The van der Waals surface area contributed by atoms with E-state index < -0.39 is 0 Å². The lowest BCUT2D eigenvalue weighted by Crippen LogP contribution is -1.91. The molecule has 0 saturated heterocycles. The van der Waals surface area contributed by atoms with E-state index in [0.29, 0.717) is 25.7 Å². The molecule has 0 saturated carbocycles. The number of rotatable bonds is 5. The normalized spacial score (nSPS) is 9.83. The highest BCUT2D eigenvalue weighted by Gasteiger charge is 1.77. The van der Waals surface area contributed by atoms with Crippen LogP contribution in [0.3, 0.4) is 0 Å². The van der Waals surface area contributed by atoms with E-state index >= 15 is 0 Å². The summed E-state index contributed by atoms with van der Waals surface area (Å²) in [5, 5.41) is 0. The van der Waals surface area contributed by atoms with Crippen LogP contribution in [0, 0.1) is 11.8 Å². The number of ether oxygens (including phenoxy) is 2. The SMILES string of the molecule is COC/C=C\COCC#CCCl. The highest BCUT2D eigenvalue weighted by Crippen LogP contribution is 1.78. The van der Waals surface area contributed by atoms with Gasteiger partial charge in [-0.05, 0) is 0 Å². The second-order valence-corrected chi connectivity index (χ2v) is 2.20. The molecule has 0 N–H and O–H groups in total. The molecular weight excluding hydrogens is 176 g/mol. The molecule has 0 aromatic rings. The molecule has 3 heteroatoms. The van der Waals surface area contributed by atoms with Crippen molar-refractivity contribution in [3.05, 3.63) is 12.2 Å². The second-order valence-electron chi connectivity index (χ2n) is 1.93. The molecule has 0 bridgehead atoms. The van der Waals surface area contributed by atoms with Crippen LogP contribution in [0.25, 0.3) is 0 Å². The average Bonchev–Trinajstić information content (AvgIpc) is 2.10. The van der Waals surface area contributed by atoms with Gasteiger partial charge in [0.1, 0.15) is 6.61 Å². The van der Waals surface area contributed by atoms with Crippen LogP contribution in [-0.4, -0.2) is 32.8 Å². The standard InChI is InChI=1S/C9H13ClO2/c1-11-7-4-5-9-12-8-3-2-6-10/h4-5H,6-9H2,1H3/b5-4-. The van der Waals surface area contributed by atoms with Gasteiger partial charge >= 0.3 is 0 Å². The van der Waals surface area contributed by atoms with Crippen LogP contribution in [-0.2, 0) is 9.47 Å². The third kappa shape index (κ3) is 9.51. The van der Waals surface area contributed by atoms with E-state index in [9.17, 15) is 0 Å². The predicted molar refractivity (Wildman–Crippen MR) is 50.3 cm³/mol. The van der Waals surface area contributed by atoms with Crippen molar-refractivity contribution in [3.8, 4) is 11.8 Å². The van der Waals surface area contributed by atoms with Gasteiger partial charge in [-0.2, -0.15) is 0 Å². The fraction of sp³-hybridized carbons (Fsp3) is 0.556. The van der Waals surface area contributed by atoms with E-state index in [4.69, 9.17) is 21.1 Å². The maximum Gasteiger partial charge on any atom is 0.108 e. The largest absolute Gasteiger partial charge is 0.381 e. The topological polar surface area (TPSA) is 18.5 Å². The highest BCUT2D eigenvalue weighted by atomic mass is 35.5. The molecule has 0 unspecified atom stereocenters. The van der Waals surface area contributed by atoms with Gasteiger partial charge in [-0.25, -0.2) is 0 Å². The lowest BCUT2D eigenvalue weighted by molar-refractivity contribution is 0.196. The first-order valence-electron chi connectivity index (χ1n) is 3.65. The van der Waals surface area contributed by atoms with Crippen molar-refractivity contribution in [1.82, 2.24) is 0 Å². The zero-order chi connectivity index (χ0) is 9.07. The monoisotopic (exact) mass is 188 g/mol. The molecular formula is C9H13ClO2. The minimum atomic E-state index is 0.364. The van der Waals surface area contributed by atoms with Crippen LogP contribution in [0.1, 0.15) is 0 Å². The Morgan fingerprint density at radius 3 is 2.67 bits per heavy atom. The van der Waals surface area contributed by atoms with Crippen molar-refractivity contribution in [3.63, 3.8) is 0 Å². The molecule has 0 heterocycles. The first kappa shape index (κ1) is 11.5. The molecule has 0 aliphatic heterocycles. The second kappa shape index (κ2) is 10.5. The van der Waals surface area contributed by atoms with Gasteiger partial charge in [0.25, 0.3) is 0 Å². The Kier molecular flexibility index (Phi) is 10.1. The van der Waals surface area contributed by atoms with Gasteiger partial charge in [0.15, 0.2) is 0 Å². The van der Waals surface area contributed by atoms with Crippen molar-refractivity contribution in [2.75, 3.05) is 32.8 Å². The summed E-state index contributed by atoms with van der Waals surface area (Å²) < 4.78 is 9.91. The number of alkyl halides is 1. The van der Waals surface area contributed by atoms with Crippen molar-refractivity contribution in [2.24, 2.45) is 0 Å². The molecule has 0 radical (unpaired) electrons. The van der Waals surface area contributed by atoms with Crippen LogP contribution in [0.2, 0.25) is 0 Å². The first-order valence-corrected chi connectivity index (χ1v) is 4.18. The molecule has 0 atom stereocenters. The van der Waals surface area contributed by atoms with Crippen LogP contribution in [0.4, 0.5) is 0 Å². The third-order valence-electron chi connectivity index (χ3n) is 1.01. The van der Waals surface area contributed by atoms with Gasteiger partial charge in [0.2, 0.25) is 0 Å². The summed E-state index contributed by atoms with van der Waals surface area (Å²) in [4.78, 5) is 0. The zero-order valence-electron chi connectivity index (χ0n) is 7.18. The lowest BCUT2D eigenvalue weighted by Gasteiger charge is -1.92. The third-order valence-corrected chi connectivity index (χ3v) is 1.14. The molecule has 0 aliphatic carbocycles. The van der Waals surface area contributed by atoms with E-state index in [-0.39, 0.29) is 0 Å². The molecule has 0 rings (SSSR count). The Balaban J connectivity index is 3.10. The summed E-state index contributed by atoms with van der Waals surface area (Å²) in [6.45, 7) is 1.63. The summed E-state index contributed by atoms with van der Waals surface area (Å²) in [6.07, 6.45) is 3.79. The summed E-state index contributed by atoms with van der Waals surface area (Å²) in [5.41, 5.74) is 0. The van der Waals surface area contributed by atoms with E-state index in [1.54, 1.807) is 7.11 Å². The average molecular weight is 189 g/mol. The van der Waals surface area contributed by atoms with Gasteiger partial charge in [0, 0.05) is 7.11 Å². The molecule has 0 aliphatic rings. The quantitative estimate of drug-likeness (QED) is 0.282. The van der Waals surface area contributed by atoms with Gasteiger partial charge in [-0.15, -0.1) is 11.6 Å². The molecule has 0 spiro atoms. The summed E-state index contributed by atoms with van der Waals surface area (Å²) in [7, 11) is 1.65. The smallest absolute Gasteiger partial charge is 0.108 e. The number of halogens is 1. The van der Waals surface area contributed by atoms with Gasteiger partial charge in [-0.3, -0.25) is 0 Å². The minimum absolute atomic E-state index is 0.364. The van der Waals surface area contributed by atoms with Crippen molar-refractivity contribution < 1.29 is 9.47 Å². The van der Waals surface area contributed by atoms with Crippen LogP contribution in [0.15, 0.2) is 12.2 Å². The van der Waals surface area contributed by atoms with E-state index in [0.717, 1.165) is 0 Å². The number of methoxy groups -OCH3 is 1. The Morgan fingerprint density at radius 1 is 1.25 bits per heavy atom. The Morgan fingerprint density at radius 2 is 2.00 bits per heavy atom. The fourth-order valence-corrected chi connectivity index (χ4v) is 0.603. The lowest BCUT2D eigenvalue weighted by atomic mass is 10.5. The number of hydrogen-bond acceptors (Lipinski definition) is 2. The highest BCUT2D eigenvalue weighted by molar-refractivity contribution is 6.19. The van der Waals surface area contributed by atoms with E-state index in [2.05, 4.69) is 11.8 Å². The Hall–Kier alpha value is -0.490. The molecule has 0 amide bonds. The molecule has 0 aromatic heterocycles. The maximum absolute atomic E-state index is 5.32. The van der Waals surface area contributed by atoms with Crippen molar-refractivity contribution >= 4 is 11.6 Å². The van der Waals surface area contributed by atoms with E-state index in [1.807, 2.05) is 12.2 Å². The zero-order valence-corrected chi connectivity index (χ0v) is 7.93. The Labute approximate surface area is 78.5 Å². The number of hydrogen-bond donors (Lipinski definition) is 0. The summed E-state index contributed by atoms with van der Waals surface area (Å²) in [5.74, 6) is 5.81. The van der Waals surface area contributed by atoms with Gasteiger partial charge < -0.3 is 9.47 Å². The fourth-order valence-electron chi connectivity index (χ4n) is 0.509. The van der Waals surface area contributed by atoms with Crippen molar-refractivity contribution in [1.29, 1.82) is 0 Å². The molecule has 12 heavy (non-hydrogen) atoms. The first-order chi connectivity index (χ1) is 5.91. The Bertz CT molecular complexity index is 167. The van der Waals surface area contributed by atoms with Gasteiger partial charge in [-0.1, -0.05) is 24.0 Å². The maximum atomic E-state index is 5.32. The molecule has 2 nitrogen and oxygen atoms in total. The predicted octanol–water partition coefficient (Wildman–Crippen LogP) is 1.45. The summed E-state index contributed by atoms with van der Waals surface area (Å²) in [6, 6.07) is 0. The van der Waals surface area contributed by atoms with Crippen LogP contribution >= 0.6 is 11.6 Å². The minimum Gasteiger partial charge on any atom is -0.381 e. The molecule has 0 fully saturated rings. The van der Waals surface area contributed by atoms with E-state index in [1.165, 1.54) is 0 Å². The van der Waals surface area contributed by atoms with Crippen LogP contribution in [0.5, 0.6) is 0 Å². The summed E-state index contributed by atoms with van der Waals surface area (Å²) >= 11 is 5.32. The molecule has 0 aromatic carbocycles. The van der Waals surface area contributed by atoms with Crippen molar-refractivity contribution in [2.45, 2.75) is 0 Å². The van der Waals surface area contributed by atoms with Gasteiger partial charge in [0.05, 0.1) is 19.1 Å². The van der Waals surface area contributed by atoms with Crippen LogP contribution < -0.4 is 0 Å².